The fourth-order valence-corrected chi connectivity index (χ4v) is 5.18. The van der Waals surface area contributed by atoms with Gasteiger partial charge in [-0.05, 0) is 58.1 Å². The molecule has 0 amide bonds. The summed E-state index contributed by atoms with van der Waals surface area (Å²) < 4.78 is 0. The van der Waals surface area contributed by atoms with Crippen LogP contribution >= 0.6 is 0 Å². The molecule has 0 fully saturated rings. The molecule has 0 spiro atoms. The minimum absolute atomic E-state index is 0. The van der Waals surface area contributed by atoms with E-state index in [9.17, 15) is 0 Å². The first-order valence-electron chi connectivity index (χ1n) is 14.5. The number of nitrogens with zero attached hydrogens (tertiary/aromatic N) is 2. The zero-order chi connectivity index (χ0) is 27.7. The van der Waals surface area contributed by atoms with E-state index in [2.05, 4.69) is 124 Å². The standard InChI is InChI=1S/C34H50N4.Co/c1-24(2)29-14-11-15-30(25(3)4)33(29)36-19-21-38(23-28-13-9-10-18-35-28)22-20-37-34-31(26(5)6)16-12-17-32(34)27(7)8;/h9-18,24-27,36-37H,19-23H2,1-8H3;. The number of aromatic nitrogens is 1. The van der Waals surface area contributed by atoms with Gasteiger partial charge in [0, 0.05) is 67.1 Å². The van der Waals surface area contributed by atoms with Gasteiger partial charge in [0.05, 0.1) is 5.69 Å². The summed E-state index contributed by atoms with van der Waals surface area (Å²) in [5.41, 5.74) is 9.37. The Morgan fingerprint density at radius 2 is 1.00 bits per heavy atom. The van der Waals surface area contributed by atoms with Crippen LogP contribution in [0.25, 0.3) is 0 Å². The molecule has 0 unspecified atom stereocenters. The summed E-state index contributed by atoms with van der Waals surface area (Å²) in [6.45, 7) is 22.8. The Hall–Kier alpha value is -2.34. The largest absolute Gasteiger partial charge is 0.383 e. The molecule has 2 N–H and O–H groups in total. The average Bonchev–Trinajstić information content (AvgIpc) is 2.88. The molecule has 0 saturated heterocycles. The monoisotopic (exact) mass is 573 g/mol. The minimum Gasteiger partial charge on any atom is -0.383 e. The SMILES string of the molecule is CC(C)c1cccc(C(C)C)c1NCCN(CCNc1c(C(C)C)cccc1C(C)C)Cc1ccccn1.[Co]. The van der Waals surface area contributed by atoms with Crippen molar-refractivity contribution in [2.24, 2.45) is 0 Å². The third-order valence-corrected chi connectivity index (χ3v) is 7.32. The van der Waals surface area contributed by atoms with Crippen LogP contribution in [0.3, 0.4) is 0 Å². The van der Waals surface area contributed by atoms with Gasteiger partial charge in [0.15, 0.2) is 0 Å². The molecule has 0 bridgehead atoms. The van der Waals surface area contributed by atoms with Gasteiger partial charge in [-0.15, -0.1) is 0 Å². The molecule has 1 aromatic heterocycles. The third-order valence-electron chi connectivity index (χ3n) is 7.32. The van der Waals surface area contributed by atoms with Crippen LogP contribution in [0.4, 0.5) is 11.4 Å². The second-order valence-electron chi connectivity index (χ2n) is 11.7. The summed E-state index contributed by atoms with van der Waals surface area (Å²) in [7, 11) is 0. The van der Waals surface area contributed by atoms with Crippen molar-refractivity contribution in [1.82, 2.24) is 9.88 Å². The van der Waals surface area contributed by atoms with Crippen LogP contribution in [0, 0.1) is 0 Å². The van der Waals surface area contributed by atoms with Gasteiger partial charge in [-0.25, -0.2) is 0 Å². The van der Waals surface area contributed by atoms with Gasteiger partial charge >= 0.3 is 0 Å². The van der Waals surface area contributed by atoms with E-state index < -0.39 is 0 Å². The molecule has 215 valence electrons. The number of hydrogen-bond acceptors (Lipinski definition) is 4. The molecule has 39 heavy (non-hydrogen) atoms. The number of nitrogens with one attached hydrogen (secondary N) is 2. The maximum atomic E-state index is 4.62. The molecular formula is C34H50CoN4. The molecule has 3 aromatic rings. The Balaban J connectivity index is 0.00000533. The molecule has 1 radical (unpaired) electrons. The molecule has 0 aliphatic heterocycles. The molecule has 1 heterocycles. The van der Waals surface area contributed by atoms with E-state index in [1.165, 1.54) is 33.6 Å². The molecule has 0 saturated carbocycles. The van der Waals surface area contributed by atoms with Crippen LogP contribution in [-0.4, -0.2) is 36.1 Å². The number of pyridine rings is 1. The smallest absolute Gasteiger partial charge is 0.0543 e. The van der Waals surface area contributed by atoms with Gasteiger partial charge in [-0.1, -0.05) is 97.9 Å². The molecule has 0 aliphatic carbocycles. The van der Waals surface area contributed by atoms with Gasteiger partial charge in [0.2, 0.25) is 0 Å². The average molecular weight is 574 g/mol. The van der Waals surface area contributed by atoms with E-state index in [1.807, 2.05) is 12.3 Å². The number of para-hydroxylation sites is 2. The van der Waals surface area contributed by atoms with Gasteiger partial charge in [-0.3, -0.25) is 9.88 Å². The van der Waals surface area contributed by atoms with Gasteiger partial charge in [0.25, 0.3) is 0 Å². The third kappa shape index (κ3) is 9.37. The summed E-state index contributed by atoms with van der Waals surface area (Å²) >= 11 is 0. The number of hydrogen-bond donors (Lipinski definition) is 2. The van der Waals surface area contributed by atoms with Crippen molar-refractivity contribution in [3.63, 3.8) is 0 Å². The van der Waals surface area contributed by atoms with Crippen LogP contribution in [0.5, 0.6) is 0 Å². The van der Waals surface area contributed by atoms with Crippen LogP contribution in [0.2, 0.25) is 0 Å². The van der Waals surface area contributed by atoms with Crippen molar-refractivity contribution < 1.29 is 16.8 Å². The summed E-state index contributed by atoms with van der Waals surface area (Å²) in [6, 6.07) is 19.7. The van der Waals surface area contributed by atoms with Crippen molar-refractivity contribution in [2.45, 2.75) is 85.6 Å². The Morgan fingerprint density at radius 1 is 0.590 bits per heavy atom. The first kappa shape index (κ1) is 32.9. The minimum atomic E-state index is 0. The fraction of sp³-hybridized carbons (Fsp3) is 0.500. The van der Waals surface area contributed by atoms with Gasteiger partial charge < -0.3 is 10.6 Å². The topological polar surface area (TPSA) is 40.2 Å². The predicted molar refractivity (Wildman–Crippen MR) is 166 cm³/mol. The Kier molecular flexibility index (Phi) is 13.5. The summed E-state index contributed by atoms with van der Waals surface area (Å²) in [5.74, 6) is 1.95. The second kappa shape index (κ2) is 16.0. The van der Waals surface area contributed by atoms with E-state index >= 15 is 0 Å². The van der Waals surface area contributed by atoms with Gasteiger partial charge in [-0.2, -0.15) is 0 Å². The quantitative estimate of drug-likeness (QED) is 0.203. The zero-order valence-corrected chi connectivity index (χ0v) is 26.4. The zero-order valence-electron chi connectivity index (χ0n) is 25.3. The van der Waals surface area contributed by atoms with Crippen LogP contribution in [-0.2, 0) is 23.3 Å². The Morgan fingerprint density at radius 3 is 1.33 bits per heavy atom. The maximum absolute atomic E-state index is 4.62. The van der Waals surface area contributed by atoms with Crippen molar-refractivity contribution in [3.05, 3.63) is 88.7 Å². The molecule has 2 aromatic carbocycles. The van der Waals surface area contributed by atoms with E-state index in [0.717, 1.165) is 38.4 Å². The second-order valence-corrected chi connectivity index (χ2v) is 11.7. The summed E-state index contributed by atoms with van der Waals surface area (Å²) in [6.07, 6.45) is 1.89. The van der Waals surface area contributed by atoms with Crippen molar-refractivity contribution >= 4 is 11.4 Å². The first-order valence-corrected chi connectivity index (χ1v) is 14.5. The Bertz CT molecular complexity index is 1000. The molecule has 3 rings (SSSR count). The normalized spacial score (nSPS) is 11.5. The summed E-state index contributed by atoms with van der Waals surface area (Å²) in [5, 5.41) is 7.67. The fourth-order valence-electron chi connectivity index (χ4n) is 5.18. The number of benzene rings is 2. The van der Waals surface area contributed by atoms with Gasteiger partial charge in [0.1, 0.15) is 0 Å². The number of rotatable bonds is 14. The predicted octanol–water partition coefficient (Wildman–Crippen LogP) is 8.60. The van der Waals surface area contributed by atoms with Crippen LogP contribution in [0.1, 0.15) is 107 Å². The van der Waals surface area contributed by atoms with Crippen molar-refractivity contribution in [3.8, 4) is 0 Å². The number of anilines is 2. The van der Waals surface area contributed by atoms with E-state index in [4.69, 9.17) is 0 Å². The van der Waals surface area contributed by atoms with Crippen LogP contribution < -0.4 is 10.6 Å². The summed E-state index contributed by atoms with van der Waals surface area (Å²) in [4.78, 5) is 7.13. The van der Waals surface area contributed by atoms with E-state index in [0.29, 0.717) is 23.7 Å². The molecule has 0 atom stereocenters. The van der Waals surface area contributed by atoms with Crippen LogP contribution in [0.15, 0.2) is 60.8 Å². The van der Waals surface area contributed by atoms with E-state index in [-0.39, 0.29) is 16.8 Å². The first-order chi connectivity index (χ1) is 18.2. The molecular weight excluding hydrogens is 523 g/mol. The molecule has 5 heteroatoms. The van der Waals surface area contributed by atoms with Crippen molar-refractivity contribution in [2.75, 3.05) is 36.8 Å². The molecule has 0 aliphatic rings. The van der Waals surface area contributed by atoms with Crippen molar-refractivity contribution in [1.29, 1.82) is 0 Å². The Labute approximate surface area is 248 Å². The maximum Gasteiger partial charge on any atom is 0.0543 e. The molecule has 4 nitrogen and oxygen atoms in total. The van der Waals surface area contributed by atoms with E-state index in [1.54, 1.807) is 0 Å².